The number of allylic oxidation sites excluding steroid dienone is 2. The fraction of sp³-hybridized carbons (Fsp3) is 0.750. The van der Waals surface area contributed by atoms with Crippen LogP contribution in [0.5, 0.6) is 0 Å². The van der Waals surface area contributed by atoms with E-state index in [1.54, 1.807) is 0 Å². The molecule has 0 N–H and O–H groups in total. The molecule has 0 aliphatic heterocycles. The van der Waals surface area contributed by atoms with E-state index in [4.69, 9.17) is 17.0 Å². The van der Waals surface area contributed by atoms with E-state index in [0.29, 0.717) is 29.1 Å². The minimum Gasteiger partial charge on any atom is -0.479 e. The fourth-order valence-corrected chi connectivity index (χ4v) is 3.78. The van der Waals surface area contributed by atoms with Gasteiger partial charge in [-0.1, -0.05) is 37.8 Å². The first kappa shape index (κ1) is 17.7. The smallest absolute Gasteiger partial charge is 0.220 e. The predicted octanol–water partition coefficient (Wildman–Crippen LogP) is 4.77. The summed E-state index contributed by atoms with van der Waals surface area (Å²) in [5.41, 5.74) is -0.279. The summed E-state index contributed by atoms with van der Waals surface area (Å²) in [6.45, 7) is 8.85. The van der Waals surface area contributed by atoms with Crippen LogP contribution in [-0.2, 0) is 9.53 Å². The second kappa shape index (κ2) is 8.18. The molecule has 0 saturated carbocycles. The van der Waals surface area contributed by atoms with E-state index in [0.717, 1.165) is 19.3 Å². The highest BCUT2D eigenvalue weighted by atomic mass is 32.2. The number of carbonyl (C=O) groups excluding carboxylic acids is 1. The van der Waals surface area contributed by atoms with Crippen LogP contribution in [0.15, 0.2) is 12.2 Å². The lowest BCUT2D eigenvalue weighted by Gasteiger charge is -2.30. The molecule has 0 bridgehead atoms. The molecule has 0 saturated heterocycles. The molecule has 2 nitrogen and oxygen atoms in total. The number of hydrogen-bond acceptors (Lipinski definition) is 4. The number of ketones is 1. The lowest BCUT2D eigenvalue weighted by atomic mass is 9.75. The Morgan fingerprint density at radius 2 is 2.20 bits per heavy atom. The van der Waals surface area contributed by atoms with Gasteiger partial charge >= 0.3 is 0 Å². The monoisotopic (exact) mass is 314 g/mol. The maximum Gasteiger partial charge on any atom is 0.220 e. The van der Waals surface area contributed by atoms with Gasteiger partial charge in [0.15, 0.2) is 0 Å². The average molecular weight is 315 g/mol. The highest BCUT2D eigenvalue weighted by molar-refractivity contribution is 8.23. The van der Waals surface area contributed by atoms with E-state index in [2.05, 4.69) is 32.9 Å². The first-order valence-electron chi connectivity index (χ1n) is 7.43. The van der Waals surface area contributed by atoms with Gasteiger partial charge in [0, 0.05) is 17.1 Å². The Balaban J connectivity index is 2.65. The summed E-state index contributed by atoms with van der Waals surface area (Å²) in [7, 11) is 0. The number of Topliss-reactive ketones (excluding diaryl/α,β-unsaturated/α-hetero) is 1. The Morgan fingerprint density at radius 1 is 1.50 bits per heavy atom. The third-order valence-corrected chi connectivity index (χ3v) is 5.56. The number of thiocarbonyl (C=S) groups is 1. The van der Waals surface area contributed by atoms with Gasteiger partial charge in [-0.3, -0.25) is 4.79 Å². The molecule has 0 radical (unpaired) electrons. The van der Waals surface area contributed by atoms with Gasteiger partial charge in [0.05, 0.1) is 6.61 Å². The van der Waals surface area contributed by atoms with Crippen molar-refractivity contribution >= 4 is 34.1 Å². The predicted molar refractivity (Wildman–Crippen MR) is 91.2 cm³/mol. The van der Waals surface area contributed by atoms with Gasteiger partial charge in [-0.15, -0.1) is 0 Å². The number of carbonyl (C=O) groups is 1. The van der Waals surface area contributed by atoms with E-state index in [9.17, 15) is 4.79 Å². The quantitative estimate of drug-likeness (QED) is 0.521. The zero-order valence-corrected chi connectivity index (χ0v) is 14.6. The molecule has 1 aliphatic carbocycles. The first-order valence-corrected chi connectivity index (χ1v) is 8.72. The van der Waals surface area contributed by atoms with Crippen molar-refractivity contribution in [2.45, 2.75) is 58.6 Å². The summed E-state index contributed by atoms with van der Waals surface area (Å²) >= 11 is 6.73. The molecule has 0 aromatic carbocycles. The lowest BCUT2D eigenvalue weighted by Crippen LogP contribution is -2.31. The highest BCUT2D eigenvalue weighted by Crippen LogP contribution is 2.35. The van der Waals surface area contributed by atoms with Crippen molar-refractivity contribution in [3.05, 3.63) is 12.2 Å². The van der Waals surface area contributed by atoms with Crippen molar-refractivity contribution < 1.29 is 9.53 Å². The Kier molecular flexibility index (Phi) is 7.24. The maximum atomic E-state index is 12.6. The zero-order valence-electron chi connectivity index (χ0n) is 13.0. The second-order valence-electron chi connectivity index (χ2n) is 5.92. The second-order valence-corrected chi connectivity index (χ2v) is 7.76. The van der Waals surface area contributed by atoms with Gasteiger partial charge in [0.2, 0.25) is 4.38 Å². The summed E-state index contributed by atoms with van der Waals surface area (Å²) in [6.07, 6.45) is 7.98. The molecule has 20 heavy (non-hydrogen) atoms. The van der Waals surface area contributed by atoms with Crippen LogP contribution >= 0.6 is 24.0 Å². The van der Waals surface area contributed by atoms with Crippen molar-refractivity contribution in [3.63, 3.8) is 0 Å². The number of hydrogen-bond donors (Lipinski definition) is 0. The molecule has 4 heteroatoms. The molecule has 114 valence electrons. The molecular formula is C16H26O2S2. The molecule has 0 spiro atoms. The van der Waals surface area contributed by atoms with Gasteiger partial charge in [-0.2, -0.15) is 0 Å². The number of thioether (sulfide) groups is 1. The summed E-state index contributed by atoms with van der Waals surface area (Å²) in [5, 5.41) is 0.203. The summed E-state index contributed by atoms with van der Waals surface area (Å²) in [6, 6.07) is 0. The topological polar surface area (TPSA) is 26.3 Å². The molecule has 0 amide bonds. The van der Waals surface area contributed by atoms with Crippen LogP contribution < -0.4 is 0 Å². The molecule has 0 aromatic rings. The van der Waals surface area contributed by atoms with E-state index in [-0.39, 0.29) is 10.7 Å². The largest absolute Gasteiger partial charge is 0.479 e. The SMILES string of the molecule is CCOC(=S)SC(CC(=O)C1(C)C=CCCC1)C(C)C. The van der Waals surface area contributed by atoms with Crippen molar-refractivity contribution in [3.8, 4) is 0 Å². The zero-order chi connectivity index (χ0) is 15.2. The van der Waals surface area contributed by atoms with Gasteiger partial charge in [0.25, 0.3) is 0 Å². The van der Waals surface area contributed by atoms with Gasteiger partial charge in [0.1, 0.15) is 5.78 Å². The highest BCUT2D eigenvalue weighted by Gasteiger charge is 2.33. The summed E-state index contributed by atoms with van der Waals surface area (Å²) < 4.78 is 5.90. The lowest BCUT2D eigenvalue weighted by molar-refractivity contribution is -0.126. The minimum atomic E-state index is -0.279. The van der Waals surface area contributed by atoms with E-state index in [1.165, 1.54) is 11.8 Å². The maximum absolute atomic E-state index is 12.6. The molecule has 2 unspecified atom stereocenters. The van der Waals surface area contributed by atoms with Crippen LogP contribution in [-0.4, -0.2) is 22.0 Å². The Hall–Kier alpha value is -0.350. The molecule has 0 fully saturated rings. The van der Waals surface area contributed by atoms with E-state index >= 15 is 0 Å². The van der Waals surface area contributed by atoms with E-state index < -0.39 is 0 Å². The van der Waals surface area contributed by atoms with Crippen LogP contribution in [0.3, 0.4) is 0 Å². The molecule has 2 atom stereocenters. The molecule has 0 heterocycles. The third-order valence-electron chi connectivity index (χ3n) is 3.83. The van der Waals surface area contributed by atoms with E-state index in [1.807, 2.05) is 6.92 Å². The van der Waals surface area contributed by atoms with Crippen LogP contribution in [0, 0.1) is 11.3 Å². The molecule has 1 aliphatic rings. The van der Waals surface area contributed by atoms with Gasteiger partial charge in [-0.25, -0.2) is 0 Å². The minimum absolute atomic E-state index is 0.203. The van der Waals surface area contributed by atoms with Crippen LogP contribution in [0.1, 0.15) is 53.4 Å². The van der Waals surface area contributed by atoms with Crippen molar-refractivity contribution in [1.82, 2.24) is 0 Å². The number of ether oxygens (including phenoxy) is 1. The standard InChI is InChI=1S/C16H26O2S2/c1-5-18-15(19)20-13(12(2)3)11-14(17)16(4)9-7-6-8-10-16/h7,9,12-13H,5-6,8,10-11H2,1-4H3. The van der Waals surface area contributed by atoms with Crippen LogP contribution in [0.2, 0.25) is 0 Å². The van der Waals surface area contributed by atoms with Crippen LogP contribution in [0.25, 0.3) is 0 Å². The summed E-state index contributed by atoms with van der Waals surface area (Å²) in [5.74, 6) is 0.734. The molecule has 1 rings (SSSR count). The fourth-order valence-electron chi connectivity index (χ4n) is 2.35. The Bertz CT molecular complexity index is 377. The average Bonchev–Trinajstić information content (AvgIpc) is 2.38. The number of rotatable bonds is 6. The molecular weight excluding hydrogens is 288 g/mol. The Morgan fingerprint density at radius 3 is 2.70 bits per heavy atom. The Labute approximate surface area is 132 Å². The van der Waals surface area contributed by atoms with Crippen LogP contribution in [0.4, 0.5) is 0 Å². The normalized spacial score (nSPS) is 23.6. The van der Waals surface area contributed by atoms with Gasteiger partial charge < -0.3 is 4.74 Å². The summed E-state index contributed by atoms with van der Waals surface area (Å²) in [4.78, 5) is 12.6. The van der Waals surface area contributed by atoms with Crippen molar-refractivity contribution in [2.24, 2.45) is 11.3 Å². The van der Waals surface area contributed by atoms with Crippen molar-refractivity contribution in [1.29, 1.82) is 0 Å². The van der Waals surface area contributed by atoms with Crippen molar-refractivity contribution in [2.75, 3.05) is 6.61 Å². The third kappa shape index (κ3) is 5.21. The first-order chi connectivity index (χ1) is 9.39. The van der Waals surface area contributed by atoms with Gasteiger partial charge in [-0.05, 0) is 51.2 Å². The molecule has 0 aromatic heterocycles.